The third-order valence-corrected chi connectivity index (χ3v) is 2.55. The molecule has 0 saturated carbocycles. The zero-order chi connectivity index (χ0) is 13.0. The van der Waals surface area contributed by atoms with Crippen molar-refractivity contribution >= 4 is 5.78 Å². The Morgan fingerprint density at radius 3 is 2.56 bits per heavy atom. The highest BCUT2D eigenvalue weighted by Crippen LogP contribution is 2.14. The molecule has 3 nitrogen and oxygen atoms in total. The fourth-order valence-electron chi connectivity index (χ4n) is 1.58. The average Bonchev–Trinajstić information content (AvgIpc) is 2.37. The molecule has 0 aliphatic rings. The van der Waals surface area contributed by atoms with E-state index in [-0.39, 0.29) is 18.1 Å². The number of carbonyl (C=O) groups excluding carboxylic acids is 1. The van der Waals surface area contributed by atoms with Crippen LogP contribution in [0.1, 0.15) is 15.9 Å². The van der Waals surface area contributed by atoms with E-state index in [4.69, 9.17) is 9.84 Å². The summed E-state index contributed by atoms with van der Waals surface area (Å²) in [4.78, 5) is 11.8. The topological polar surface area (TPSA) is 46.5 Å². The lowest BCUT2D eigenvalue weighted by atomic mass is 10.1. The van der Waals surface area contributed by atoms with Crippen LogP contribution in [0.4, 0.5) is 0 Å². The van der Waals surface area contributed by atoms with Gasteiger partial charge < -0.3 is 9.84 Å². The molecule has 0 radical (unpaired) electrons. The molecule has 92 valence electrons. The van der Waals surface area contributed by atoms with Gasteiger partial charge in [-0.05, 0) is 48.9 Å². The number of hydrogen-bond acceptors (Lipinski definition) is 3. The third kappa shape index (κ3) is 3.10. The Kier molecular flexibility index (Phi) is 3.63. The van der Waals surface area contributed by atoms with Crippen LogP contribution in [0.15, 0.2) is 48.5 Å². The average molecular weight is 242 g/mol. The minimum absolute atomic E-state index is 0.00573. The third-order valence-electron chi connectivity index (χ3n) is 2.55. The fourth-order valence-corrected chi connectivity index (χ4v) is 1.58. The van der Waals surface area contributed by atoms with Crippen LogP contribution in [-0.2, 0) is 0 Å². The Morgan fingerprint density at radius 1 is 1.17 bits per heavy atom. The van der Waals surface area contributed by atoms with Gasteiger partial charge in [-0.25, -0.2) is 0 Å². The minimum atomic E-state index is -0.114. The van der Waals surface area contributed by atoms with Crippen molar-refractivity contribution in [2.75, 3.05) is 6.61 Å². The monoisotopic (exact) mass is 242 g/mol. The molecule has 2 aromatic rings. The Morgan fingerprint density at radius 2 is 1.89 bits per heavy atom. The van der Waals surface area contributed by atoms with Crippen molar-refractivity contribution in [1.29, 1.82) is 0 Å². The number of Topliss-reactive ketones (excluding diaryl/α,β-unsaturated/α-hetero) is 1. The first kappa shape index (κ1) is 12.2. The number of aryl methyl sites for hydroxylation is 1. The van der Waals surface area contributed by atoms with Crippen molar-refractivity contribution in [3.05, 3.63) is 59.7 Å². The summed E-state index contributed by atoms with van der Waals surface area (Å²) in [7, 11) is 0. The predicted octanol–water partition coefficient (Wildman–Crippen LogP) is 2.96. The second kappa shape index (κ2) is 5.36. The Labute approximate surface area is 106 Å². The summed E-state index contributed by atoms with van der Waals surface area (Å²) in [6.45, 7) is 1.96. The number of hydrogen-bond donors (Lipinski definition) is 1. The number of aromatic hydroxyl groups is 1. The van der Waals surface area contributed by atoms with Crippen LogP contribution in [0.25, 0.3) is 0 Å². The zero-order valence-corrected chi connectivity index (χ0v) is 10.1. The molecule has 0 atom stereocenters. The SMILES string of the molecule is Cc1cccc(OCC(=O)c2ccc(O)cc2)c1. The fraction of sp³-hybridized carbons (Fsp3) is 0.133. The number of benzene rings is 2. The second-order valence-electron chi connectivity index (χ2n) is 4.08. The molecule has 0 unspecified atom stereocenters. The maximum Gasteiger partial charge on any atom is 0.200 e. The quantitative estimate of drug-likeness (QED) is 0.838. The molecule has 0 aromatic heterocycles. The van der Waals surface area contributed by atoms with E-state index < -0.39 is 0 Å². The molecular formula is C15H14O3. The van der Waals surface area contributed by atoms with Crippen LogP contribution in [0.5, 0.6) is 11.5 Å². The minimum Gasteiger partial charge on any atom is -0.508 e. The van der Waals surface area contributed by atoms with Gasteiger partial charge in [0.25, 0.3) is 0 Å². The highest BCUT2D eigenvalue weighted by Gasteiger charge is 2.06. The van der Waals surface area contributed by atoms with E-state index >= 15 is 0 Å². The van der Waals surface area contributed by atoms with Gasteiger partial charge in [-0.1, -0.05) is 12.1 Å². The number of phenolic OH excluding ortho intramolecular Hbond substituents is 1. The molecule has 3 heteroatoms. The summed E-state index contributed by atoms with van der Waals surface area (Å²) in [5.41, 5.74) is 1.62. The Bertz CT molecular complexity index is 544. The summed E-state index contributed by atoms with van der Waals surface area (Å²) in [5.74, 6) is 0.713. The van der Waals surface area contributed by atoms with E-state index in [1.807, 2.05) is 31.2 Å². The summed E-state index contributed by atoms with van der Waals surface area (Å²) in [5, 5.41) is 9.13. The van der Waals surface area contributed by atoms with E-state index in [9.17, 15) is 4.79 Å². The molecule has 0 amide bonds. The molecule has 2 rings (SSSR count). The Balaban J connectivity index is 1.98. The molecule has 0 fully saturated rings. The first-order valence-corrected chi connectivity index (χ1v) is 5.67. The second-order valence-corrected chi connectivity index (χ2v) is 4.08. The number of ether oxygens (including phenoxy) is 1. The van der Waals surface area contributed by atoms with Gasteiger partial charge in [-0.3, -0.25) is 4.79 Å². The zero-order valence-electron chi connectivity index (χ0n) is 10.1. The van der Waals surface area contributed by atoms with Crippen molar-refractivity contribution in [2.45, 2.75) is 6.92 Å². The molecule has 1 N–H and O–H groups in total. The maximum atomic E-state index is 11.8. The molecular weight excluding hydrogens is 228 g/mol. The van der Waals surface area contributed by atoms with E-state index in [2.05, 4.69) is 0 Å². The summed E-state index contributed by atoms with van der Waals surface area (Å²) >= 11 is 0. The summed E-state index contributed by atoms with van der Waals surface area (Å²) in [6, 6.07) is 13.7. The van der Waals surface area contributed by atoms with E-state index in [1.54, 1.807) is 12.1 Å². The largest absolute Gasteiger partial charge is 0.508 e. The lowest BCUT2D eigenvalue weighted by Gasteiger charge is -2.06. The van der Waals surface area contributed by atoms with Crippen LogP contribution < -0.4 is 4.74 Å². The molecule has 18 heavy (non-hydrogen) atoms. The van der Waals surface area contributed by atoms with Crippen molar-refractivity contribution in [3.8, 4) is 11.5 Å². The van der Waals surface area contributed by atoms with Gasteiger partial charge >= 0.3 is 0 Å². The van der Waals surface area contributed by atoms with Gasteiger partial charge in [0.1, 0.15) is 11.5 Å². The number of rotatable bonds is 4. The van der Waals surface area contributed by atoms with Crippen molar-refractivity contribution < 1.29 is 14.6 Å². The molecule has 0 saturated heterocycles. The van der Waals surface area contributed by atoms with Gasteiger partial charge in [0.05, 0.1) is 0 Å². The Hall–Kier alpha value is -2.29. The van der Waals surface area contributed by atoms with Gasteiger partial charge in [0.15, 0.2) is 12.4 Å². The van der Waals surface area contributed by atoms with Crippen LogP contribution in [0.2, 0.25) is 0 Å². The van der Waals surface area contributed by atoms with Crippen LogP contribution >= 0.6 is 0 Å². The van der Waals surface area contributed by atoms with Crippen LogP contribution in [0, 0.1) is 6.92 Å². The molecule has 0 spiro atoms. The van der Waals surface area contributed by atoms with Gasteiger partial charge in [-0.2, -0.15) is 0 Å². The normalized spacial score (nSPS) is 10.1. The smallest absolute Gasteiger partial charge is 0.200 e. The van der Waals surface area contributed by atoms with Gasteiger partial charge in [0, 0.05) is 5.56 Å². The van der Waals surface area contributed by atoms with Crippen molar-refractivity contribution in [2.24, 2.45) is 0 Å². The number of carbonyl (C=O) groups is 1. The van der Waals surface area contributed by atoms with Crippen LogP contribution in [0.3, 0.4) is 0 Å². The summed E-state index contributed by atoms with van der Waals surface area (Å²) < 4.78 is 5.42. The summed E-state index contributed by atoms with van der Waals surface area (Å²) in [6.07, 6.45) is 0. The van der Waals surface area contributed by atoms with Crippen molar-refractivity contribution in [1.82, 2.24) is 0 Å². The van der Waals surface area contributed by atoms with E-state index in [1.165, 1.54) is 12.1 Å². The van der Waals surface area contributed by atoms with Gasteiger partial charge in [-0.15, -0.1) is 0 Å². The predicted molar refractivity (Wildman–Crippen MR) is 69.1 cm³/mol. The standard InChI is InChI=1S/C15H14O3/c1-11-3-2-4-14(9-11)18-10-15(17)12-5-7-13(16)8-6-12/h2-9,16H,10H2,1H3. The molecule has 0 heterocycles. The van der Waals surface area contributed by atoms with Crippen molar-refractivity contribution in [3.63, 3.8) is 0 Å². The highest BCUT2D eigenvalue weighted by molar-refractivity contribution is 5.97. The molecule has 0 bridgehead atoms. The molecule has 2 aromatic carbocycles. The van der Waals surface area contributed by atoms with Gasteiger partial charge in [0.2, 0.25) is 0 Å². The van der Waals surface area contributed by atoms with E-state index in [0.29, 0.717) is 11.3 Å². The first-order valence-electron chi connectivity index (χ1n) is 5.67. The number of ketones is 1. The van der Waals surface area contributed by atoms with E-state index in [0.717, 1.165) is 5.56 Å². The highest BCUT2D eigenvalue weighted by atomic mass is 16.5. The lowest BCUT2D eigenvalue weighted by molar-refractivity contribution is 0.0921. The lowest BCUT2D eigenvalue weighted by Crippen LogP contribution is -2.11. The molecule has 0 aliphatic heterocycles. The first-order chi connectivity index (χ1) is 8.65. The maximum absolute atomic E-state index is 11.8. The van der Waals surface area contributed by atoms with Crippen LogP contribution in [-0.4, -0.2) is 17.5 Å². The molecule has 0 aliphatic carbocycles. The number of phenols is 1.